The minimum absolute atomic E-state index is 0.0271. The summed E-state index contributed by atoms with van der Waals surface area (Å²) in [5.41, 5.74) is 3.02. The van der Waals surface area contributed by atoms with Gasteiger partial charge in [-0.15, -0.1) is 0 Å². The molecule has 0 spiro atoms. The molecule has 8 heteroatoms. The van der Waals surface area contributed by atoms with Gasteiger partial charge in [-0.05, 0) is 79.1 Å². The molecule has 1 amide bonds. The van der Waals surface area contributed by atoms with Gasteiger partial charge in [-0.25, -0.2) is 0 Å². The number of halogens is 1. The second-order valence-corrected chi connectivity index (χ2v) is 8.91. The van der Waals surface area contributed by atoms with Gasteiger partial charge in [0.1, 0.15) is 22.3 Å². The number of carbonyl (C=O) groups excluding carboxylic acids is 1. The van der Waals surface area contributed by atoms with E-state index >= 15 is 0 Å². The van der Waals surface area contributed by atoms with E-state index < -0.39 is 16.0 Å². The van der Waals surface area contributed by atoms with Crippen LogP contribution in [0.25, 0.3) is 6.08 Å². The Hall–Kier alpha value is -3.60. The van der Waals surface area contributed by atoms with Gasteiger partial charge in [0.2, 0.25) is 0 Å². The molecule has 0 atom stereocenters. The fraction of sp³-hybridized carbons (Fsp3) is 0.0833. The van der Waals surface area contributed by atoms with E-state index in [9.17, 15) is 18.5 Å². The van der Waals surface area contributed by atoms with Gasteiger partial charge in [0.25, 0.3) is 5.91 Å². The van der Waals surface area contributed by atoms with Crippen LogP contribution < -0.4 is 9.50 Å². The van der Waals surface area contributed by atoms with E-state index in [1.165, 1.54) is 42.5 Å². The highest BCUT2D eigenvalue weighted by Crippen LogP contribution is 2.22. The SMILES string of the molecule is Cc1cccc(NC(=O)/C(C#N)=C/c2ccc(OS(=O)(=O)c3ccc(Cl)cc3)cc2)c1C. The van der Waals surface area contributed by atoms with Crippen LogP contribution >= 0.6 is 11.6 Å². The number of hydrogen-bond acceptors (Lipinski definition) is 5. The first-order valence-corrected chi connectivity index (χ1v) is 11.3. The maximum Gasteiger partial charge on any atom is 0.339 e. The Morgan fingerprint density at radius 2 is 1.69 bits per heavy atom. The lowest BCUT2D eigenvalue weighted by atomic mass is 10.1. The lowest BCUT2D eigenvalue weighted by Crippen LogP contribution is -2.14. The number of anilines is 1. The van der Waals surface area contributed by atoms with Gasteiger partial charge in [-0.1, -0.05) is 35.9 Å². The monoisotopic (exact) mass is 466 g/mol. The van der Waals surface area contributed by atoms with Crippen LogP contribution in [0, 0.1) is 25.2 Å². The average Bonchev–Trinajstić information content (AvgIpc) is 2.76. The molecule has 0 heterocycles. The second kappa shape index (κ2) is 9.69. The summed E-state index contributed by atoms with van der Waals surface area (Å²) in [5.74, 6) is -0.442. The summed E-state index contributed by atoms with van der Waals surface area (Å²) in [6.45, 7) is 3.82. The van der Waals surface area contributed by atoms with E-state index in [4.69, 9.17) is 15.8 Å². The van der Waals surface area contributed by atoms with Gasteiger partial charge in [0.05, 0.1) is 0 Å². The highest BCUT2D eigenvalue weighted by atomic mass is 35.5. The molecule has 0 saturated carbocycles. The molecular formula is C24H19ClN2O4S. The molecule has 0 aromatic heterocycles. The molecule has 0 aliphatic carbocycles. The third kappa shape index (κ3) is 5.55. The third-order valence-electron chi connectivity index (χ3n) is 4.72. The number of benzene rings is 3. The maximum absolute atomic E-state index is 12.5. The van der Waals surface area contributed by atoms with Crippen molar-refractivity contribution < 1.29 is 17.4 Å². The van der Waals surface area contributed by atoms with Crippen molar-refractivity contribution in [2.45, 2.75) is 18.7 Å². The third-order valence-corrected chi connectivity index (χ3v) is 6.23. The average molecular weight is 467 g/mol. The molecule has 6 nitrogen and oxygen atoms in total. The molecule has 0 fully saturated rings. The zero-order valence-electron chi connectivity index (χ0n) is 17.3. The minimum atomic E-state index is -4.02. The normalized spacial score (nSPS) is 11.5. The molecule has 0 radical (unpaired) electrons. The van der Waals surface area contributed by atoms with Crippen LogP contribution in [-0.4, -0.2) is 14.3 Å². The van der Waals surface area contributed by atoms with Crippen LogP contribution in [0.4, 0.5) is 5.69 Å². The van der Waals surface area contributed by atoms with Crippen LogP contribution in [0.5, 0.6) is 5.75 Å². The van der Waals surface area contributed by atoms with Gasteiger partial charge in [-0.3, -0.25) is 4.79 Å². The van der Waals surface area contributed by atoms with Gasteiger partial charge in [0, 0.05) is 10.7 Å². The summed E-state index contributed by atoms with van der Waals surface area (Å²) < 4.78 is 29.9. The summed E-state index contributed by atoms with van der Waals surface area (Å²) in [6, 6.07) is 19.0. The van der Waals surface area contributed by atoms with Crippen molar-refractivity contribution in [1.29, 1.82) is 5.26 Å². The Bertz CT molecular complexity index is 1320. The number of nitrogens with one attached hydrogen (secondary N) is 1. The van der Waals surface area contributed by atoms with Crippen LogP contribution in [-0.2, 0) is 14.9 Å². The number of aryl methyl sites for hydroxylation is 1. The summed E-state index contributed by atoms with van der Waals surface area (Å²) in [5, 5.41) is 12.6. The summed E-state index contributed by atoms with van der Waals surface area (Å²) in [4.78, 5) is 12.5. The zero-order chi connectivity index (χ0) is 23.3. The number of hydrogen-bond donors (Lipinski definition) is 1. The first-order valence-electron chi connectivity index (χ1n) is 9.49. The largest absolute Gasteiger partial charge is 0.379 e. The molecule has 1 N–H and O–H groups in total. The molecule has 162 valence electrons. The van der Waals surface area contributed by atoms with E-state index in [1.54, 1.807) is 18.2 Å². The van der Waals surface area contributed by atoms with Crippen LogP contribution in [0.3, 0.4) is 0 Å². The molecule has 0 aliphatic rings. The minimum Gasteiger partial charge on any atom is -0.379 e. The lowest BCUT2D eigenvalue weighted by molar-refractivity contribution is -0.112. The van der Waals surface area contributed by atoms with Crippen molar-refractivity contribution >= 4 is 39.4 Å². The molecule has 3 aromatic rings. The quantitative estimate of drug-likeness (QED) is 0.303. The van der Waals surface area contributed by atoms with Gasteiger partial charge < -0.3 is 9.50 Å². The Kier molecular flexibility index (Phi) is 6.98. The summed E-state index contributed by atoms with van der Waals surface area (Å²) >= 11 is 5.78. The number of amides is 1. The predicted molar refractivity (Wildman–Crippen MR) is 124 cm³/mol. The van der Waals surface area contributed by atoms with Gasteiger partial charge in [-0.2, -0.15) is 13.7 Å². The van der Waals surface area contributed by atoms with Crippen molar-refractivity contribution in [2.75, 3.05) is 5.32 Å². The first-order chi connectivity index (χ1) is 15.2. The summed E-state index contributed by atoms with van der Waals surface area (Å²) in [7, 11) is -4.02. The van der Waals surface area contributed by atoms with Gasteiger partial charge >= 0.3 is 10.1 Å². The van der Waals surface area contributed by atoms with E-state index in [-0.39, 0.29) is 16.2 Å². The fourth-order valence-corrected chi connectivity index (χ4v) is 3.84. The van der Waals surface area contributed by atoms with E-state index in [1.807, 2.05) is 32.0 Å². The summed E-state index contributed by atoms with van der Waals surface area (Å²) in [6.07, 6.45) is 1.41. The zero-order valence-corrected chi connectivity index (χ0v) is 18.9. The van der Waals surface area contributed by atoms with Crippen molar-refractivity contribution in [2.24, 2.45) is 0 Å². The molecule has 0 aliphatic heterocycles. The Labute approximate surface area is 191 Å². The molecule has 0 saturated heterocycles. The fourth-order valence-electron chi connectivity index (χ4n) is 2.79. The number of carbonyl (C=O) groups is 1. The van der Waals surface area contributed by atoms with Crippen LogP contribution in [0.2, 0.25) is 5.02 Å². The first kappa shape index (κ1) is 23.1. The molecule has 0 bridgehead atoms. The van der Waals surface area contributed by atoms with E-state index in [0.717, 1.165) is 11.1 Å². The van der Waals surface area contributed by atoms with E-state index in [0.29, 0.717) is 16.3 Å². The smallest absolute Gasteiger partial charge is 0.339 e. The molecule has 3 rings (SSSR count). The number of nitrogens with zero attached hydrogens (tertiary/aromatic N) is 1. The van der Waals surface area contributed by atoms with Crippen molar-refractivity contribution in [3.63, 3.8) is 0 Å². The molecule has 32 heavy (non-hydrogen) atoms. The van der Waals surface area contributed by atoms with Crippen LogP contribution in [0.1, 0.15) is 16.7 Å². The maximum atomic E-state index is 12.5. The Morgan fingerprint density at radius 1 is 1.03 bits per heavy atom. The van der Waals surface area contributed by atoms with E-state index in [2.05, 4.69) is 5.32 Å². The van der Waals surface area contributed by atoms with Gasteiger partial charge in [0.15, 0.2) is 0 Å². The highest BCUT2D eigenvalue weighted by Gasteiger charge is 2.17. The molecule has 3 aromatic carbocycles. The van der Waals surface area contributed by atoms with Crippen LogP contribution in [0.15, 0.2) is 77.2 Å². The highest BCUT2D eigenvalue weighted by molar-refractivity contribution is 7.87. The second-order valence-electron chi connectivity index (χ2n) is 6.93. The Balaban J connectivity index is 1.75. The predicted octanol–water partition coefficient (Wildman–Crippen LogP) is 5.27. The standard InChI is InChI=1S/C24H19ClN2O4S/c1-16-4-3-5-23(17(16)2)27-24(28)19(15-26)14-18-6-10-21(11-7-18)31-32(29,30)22-12-8-20(25)9-13-22/h3-14H,1-2H3,(H,27,28)/b19-14+. The van der Waals surface area contributed by atoms with Crippen molar-refractivity contribution in [1.82, 2.24) is 0 Å². The molecule has 0 unspecified atom stereocenters. The number of nitriles is 1. The van der Waals surface area contributed by atoms with Crippen molar-refractivity contribution in [3.8, 4) is 11.8 Å². The lowest BCUT2D eigenvalue weighted by Gasteiger charge is -2.10. The number of rotatable bonds is 6. The Morgan fingerprint density at radius 3 is 2.31 bits per heavy atom. The molecular weight excluding hydrogens is 448 g/mol. The van der Waals surface area contributed by atoms with Crippen molar-refractivity contribution in [3.05, 3.63) is 94.0 Å². The topological polar surface area (TPSA) is 96.3 Å².